The van der Waals surface area contributed by atoms with Crippen molar-refractivity contribution in [1.82, 2.24) is 10.9 Å². The molecule has 0 saturated heterocycles. The van der Waals surface area contributed by atoms with Crippen LogP contribution in [-0.2, 0) is 0 Å². The summed E-state index contributed by atoms with van der Waals surface area (Å²) in [5, 5.41) is 0. The molecule has 0 aliphatic heterocycles. The topological polar surface area (TPSA) is 95.1 Å². The van der Waals surface area contributed by atoms with E-state index in [0.717, 1.165) is 0 Å². The Kier molecular flexibility index (Phi) is 6.87. The first-order valence-electron chi connectivity index (χ1n) is 8.17. The Bertz CT molecular complexity index is 779. The van der Waals surface area contributed by atoms with Crippen molar-refractivity contribution in [2.24, 2.45) is 0 Å². The maximum atomic E-state index is 12.4. The minimum atomic E-state index is -0.534. The van der Waals surface area contributed by atoms with E-state index >= 15 is 0 Å². The first-order chi connectivity index (χ1) is 13.0. The number of hydrogen-bond donors (Lipinski definition) is 2. The number of methoxy groups -OCH3 is 3. The Morgan fingerprint density at radius 1 is 0.815 bits per heavy atom. The van der Waals surface area contributed by atoms with Crippen LogP contribution in [0.4, 0.5) is 0 Å². The molecule has 27 heavy (non-hydrogen) atoms. The van der Waals surface area contributed by atoms with Gasteiger partial charge in [0.05, 0.1) is 27.9 Å². The van der Waals surface area contributed by atoms with Crippen LogP contribution in [0.3, 0.4) is 0 Å². The fourth-order valence-electron chi connectivity index (χ4n) is 2.34. The largest absolute Gasteiger partial charge is 0.494 e. The summed E-state index contributed by atoms with van der Waals surface area (Å²) in [4.78, 5) is 24.5. The minimum Gasteiger partial charge on any atom is -0.494 e. The van der Waals surface area contributed by atoms with E-state index in [2.05, 4.69) is 10.9 Å². The Labute approximate surface area is 157 Å². The van der Waals surface area contributed by atoms with E-state index in [1.54, 1.807) is 24.3 Å². The second-order valence-electron chi connectivity index (χ2n) is 5.28. The van der Waals surface area contributed by atoms with Crippen molar-refractivity contribution in [1.29, 1.82) is 0 Å². The summed E-state index contributed by atoms with van der Waals surface area (Å²) in [5.74, 6) is 0.706. The molecule has 0 aromatic heterocycles. The molecule has 0 aliphatic rings. The summed E-state index contributed by atoms with van der Waals surface area (Å²) in [5.41, 5.74) is 5.33. The van der Waals surface area contributed by atoms with Crippen LogP contribution < -0.4 is 29.8 Å². The molecule has 0 atom stereocenters. The fourth-order valence-corrected chi connectivity index (χ4v) is 2.34. The number of ether oxygens (including phenoxy) is 4. The molecular weight excluding hydrogens is 352 g/mol. The van der Waals surface area contributed by atoms with Crippen molar-refractivity contribution in [3.05, 3.63) is 47.5 Å². The average molecular weight is 374 g/mol. The van der Waals surface area contributed by atoms with Gasteiger partial charge in [-0.1, -0.05) is 0 Å². The normalized spacial score (nSPS) is 9.93. The molecule has 8 nitrogen and oxygen atoms in total. The van der Waals surface area contributed by atoms with Gasteiger partial charge >= 0.3 is 0 Å². The third kappa shape index (κ3) is 4.81. The smallest absolute Gasteiger partial charge is 0.269 e. The summed E-state index contributed by atoms with van der Waals surface area (Å²) < 4.78 is 21.0. The number of rotatable bonds is 7. The molecule has 0 aliphatic carbocycles. The van der Waals surface area contributed by atoms with Crippen LogP contribution in [0.25, 0.3) is 0 Å². The molecule has 2 amide bonds. The van der Waals surface area contributed by atoms with Crippen LogP contribution in [0, 0.1) is 0 Å². The summed E-state index contributed by atoms with van der Waals surface area (Å²) in [6.07, 6.45) is 0. The molecule has 8 heteroatoms. The van der Waals surface area contributed by atoms with Gasteiger partial charge in [-0.15, -0.1) is 0 Å². The van der Waals surface area contributed by atoms with Crippen molar-refractivity contribution < 1.29 is 28.5 Å². The van der Waals surface area contributed by atoms with Gasteiger partial charge in [-0.05, 0) is 43.3 Å². The lowest BCUT2D eigenvalue weighted by Gasteiger charge is -2.14. The Hall–Kier alpha value is -3.42. The standard InChI is InChI=1S/C19H22N2O6/c1-5-27-14-8-6-12(7-9-14)18(22)20-21-19(23)13-10-15(24-2)17(26-4)16(11-13)25-3/h6-11H,5H2,1-4H3,(H,20,22)(H,21,23). The second-order valence-corrected chi connectivity index (χ2v) is 5.28. The Balaban J connectivity index is 2.07. The zero-order chi connectivity index (χ0) is 19.8. The molecule has 0 bridgehead atoms. The fraction of sp³-hybridized carbons (Fsp3) is 0.263. The van der Waals surface area contributed by atoms with Crippen LogP contribution in [-0.4, -0.2) is 39.8 Å². The van der Waals surface area contributed by atoms with E-state index in [-0.39, 0.29) is 5.56 Å². The van der Waals surface area contributed by atoms with E-state index in [1.165, 1.54) is 33.5 Å². The van der Waals surface area contributed by atoms with E-state index in [4.69, 9.17) is 18.9 Å². The maximum Gasteiger partial charge on any atom is 0.269 e. The molecule has 0 fully saturated rings. The highest BCUT2D eigenvalue weighted by Crippen LogP contribution is 2.38. The van der Waals surface area contributed by atoms with Crippen LogP contribution in [0.2, 0.25) is 0 Å². The second kappa shape index (κ2) is 9.33. The number of carbonyl (C=O) groups excluding carboxylic acids is 2. The van der Waals surface area contributed by atoms with Gasteiger partial charge in [-0.25, -0.2) is 0 Å². The van der Waals surface area contributed by atoms with Gasteiger partial charge in [-0.2, -0.15) is 0 Å². The molecule has 144 valence electrons. The zero-order valence-electron chi connectivity index (χ0n) is 15.6. The van der Waals surface area contributed by atoms with Crippen molar-refractivity contribution in [3.8, 4) is 23.0 Å². The number of carbonyl (C=O) groups is 2. The SMILES string of the molecule is CCOc1ccc(C(=O)NNC(=O)c2cc(OC)c(OC)c(OC)c2)cc1. The molecule has 2 N–H and O–H groups in total. The van der Waals surface area contributed by atoms with Gasteiger partial charge in [0.15, 0.2) is 11.5 Å². The van der Waals surface area contributed by atoms with E-state index in [0.29, 0.717) is 35.2 Å². The number of nitrogens with one attached hydrogen (secondary N) is 2. The first kappa shape index (κ1) is 19.9. The van der Waals surface area contributed by atoms with E-state index in [1.807, 2.05) is 6.92 Å². The summed E-state index contributed by atoms with van der Waals surface area (Å²) in [6, 6.07) is 9.54. The predicted molar refractivity (Wildman–Crippen MR) is 98.6 cm³/mol. The van der Waals surface area contributed by atoms with Crippen molar-refractivity contribution in [2.45, 2.75) is 6.92 Å². The number of hydrogen-bond acceptors (Lipinski definition) is 6. The van der Waals surface area contributed by atoms with Gasteiger partial charge < -0.3 is 18.9 Å². The number of benzene rings is 2. The summed E-state index contributed by atoms with van der Waals surface area (Å²) >= 11 is 0. The third-order valence-corrected chi connectivity index (χ3v) is 3.64. The average Bonchev–Trinajstić information content (AvgIpc) is 2.71. The highest BCUT2D eigenvalue weighted by molar-refractivity contribution is 5.99. The van der Waals surface area contributed by atoms with Crippen molar-refractivity contribution in [2.75, 3.05) is 27.9 Å². The van der Waals surface area contributed by atoms with Gasteiger partial charge in [0.1, 0.15) is 5.75 Å². The van der Waals surface area contributed by atoms with Crippen LogP contribution in [0.15, 0.2) is 36.4 Å². The molecule has 0 radical (unpaired) electrons. The molecule has 0 unspecified atom stereocenters. The van der Waals surface area contributed by atoms with E-state index in [9.17, 15) is 9.59 Å². The zero-order valence-corrected chi connectivity index (χ0v) is 15.6. The number of hydrazine groups is 1. The molecule has 0 spiro atoms. The van der Waals surface area contributed by atoms with Gasteiger partial charge in [0.25, 0.3) is 11.8 Å². The molecule has 0 saturated carbocycles. The molecule has 0 heterocycles. The molecule has 2 rings (SSSR count). The van der Waals surface area contributed by atoms with Gasteiger partial charge in [0.2, 0.25) is 5.75 Å². The first-order valence-corrected chi connectivity index (χ1v) is 8.17. The lowest BCUT2D eigenvalue weighted by molar-refractivity contribution is 0.0846. The predicted octanol–water partition coefficient (Wildman–Crippen LogP) is 2.19. The highest BCUT2D eigenvalue weighted by Gasteiger charge is 2.17. The van der Waals surface area contributed by atoms with Crippen LogP contribution in [0.5, 0.6) is 23.0 Å². The number of amides is 2. The lowest BCUT2D eigenvalue weighted by atomic mass is 10.1. The quantitative estimate of drug-likeness (QED) is 0.722. The minimum absolute atomic E-state index is 0.233. The molecule has 2 aromatic carbocycles. The third-order valence-electron chi connectivity index (χ3n) is 3.64. The lowest BCUT2D eigenvalue weighted by Crippen LogP contribution is -2.41. The van der Waals surface area contributed by atoms with Crippen LogP contribution >= 0.6 is 0 Å². The van der Waals surface area contributed by atoms with Gasteiger partial charge in [-0.3, -0.25) is 20.4 Å². The van der Waals surface area contributed by atoms with Gasteiger partial charge in [0, 0.05) is 11.1 Å². The monoisotopic (exact) mass is 374 g/mol. The van der Waals surface area contributed by atoms with Crippen molar-refractivity contribution >= 4 is 11.8 Å². The summed E-state index contributed by atoms with van der Waals surface area (Å²) in [7, 11) is 4.37. The van der Waals surface area contributed by atoms with E-state index < -0.39 is 11.8 Å². The Morgan fingerprint density at radius 2 is 1.33 bits per heavy atom. The molecular formula is C19H22N2O6. The maximum absolute atomic E-state index is 12.4. The van der Waals surface area contributed by atoms with Crippen LogP contribution in [0.1, 0.15) is 27.6 Å². The summed E-state index contributed by atoms with van der Waals surface area (Å²) in [6.45, 7) is 2.41. The van der Waals surface area contributed by atoms with Crippen molar-refractivity contribution in [3.63, 3.8) is 0 Å². The molecule has 2 aromatic rings. The Morgan fingerprint density at radius 3 is 1.78 bits per heavy atom. The highest BCUT2D eigenvalue weighted by atomic mass is 16.5.